The van der Waals surface area contributed by atoms with Crippen LogP contribution in [-0.2, 0) is 0 Å². The number of halogens is 1. The molecule has 0 saturated carbocycles. The number of phenols is 1. The summed E-state index contributed by atoms with van der Waals surface area (Å²) in [5.41, 5.74) is 7.14. The molecule has 1 atom stereocenters. The lowest BCUT2D eigenvalue weighted by Crippen LogP contribution is -2.12. The number of hydrogen-bond donors (Lipinski definition) is 2. The van der Waals surface area contributed by atoms with Gasteiger partial charge >= 0.3 is 0 Å². The zero-order valence-electron chi connectivity index (χ0n) is 8.64. The zero-order valence-corrected chi connectivity index (χ0v) is 9.46. The molecule has 1 aromatic carbocycles. The minimum atomic E-state index is -0.589. The van der Waals surface area contributed by atoms with Crippen LogP contribution >= 0.6 is 11.3 Å². The van der Waals surface area contributed by atoms with Gasteiger partial charge in [-0.3, -0.25) is 0 Å². The highest BCUT2D eigenvalue weighted by molar-refractivity contribution is 7.09. The van der Waals surface area contributed by atoms with Crippen molar-refractivity contribution in [2.24, 2.45) is 5.73 Å². The van der Waals surface area contributed by atoms with Crippen LogP contribution in [0.3, 0.4) is 0 Å². The Bertz CT molecular complexity index is 512. The molecule has 0 fully saturated rings. The van der Waals surface area contributed by atoms with Crippen LogP contribution in [-0.4, -0.2) is 10.1 Å². The number of nitrogens with zero attached hydrogens (tertiary/aromatic N) is 1. The van der Waals surface area contributed by atoms with Gasteiger partial charge in [0.2, 0.25) is 0 Å². The predicted molar refractivity (Wildman–Crippen MR) is 60.9 cm³/mol. The molecule has 84 valence electrons. The molecule has 0 bridgehead atoms. The molecule has 5 heteroatoms. The van der Waals surface area contributed by atoms with Crippen molar-refractivity contribution in [1.29, 1.82) is 0 Å². The van der Waals surface area contributed by atoms with Crippen molar-refractivity contribution >= 4 is 11.3 Å². The van der Waals surface area contributed by atoms with Crippen molar-refractivity contribution in [3.05, 3.63) is 45.7 Å². The monoisotopic (exact) mass is 238 g/mol. The summed E-state index contributed by atoms with van der Waals surface area (Å²) in [4.78, 5) is 4.22. The normalized spacial score (nSPS) is 12.7. The number of thiazole rings is 1. The van der Waals surface area contributed by atoms with Gasteiger partial charge in [-0.05, 0) is 25.1 Å². The average Bonchev–Trinajstić information content (AvgIpc) is 2.67. The van der Waals surface area contributed by atoms with E-state index < -0.39 is 11.9 Å². The Balaban J connectivity index is 2.40. The number of aromatic hydroxyl groups is 1. The number of aryl methyl sites for hydroxylation is 1. The lowest BCUT2D eigenvalue weighted by Gasteiger charge is -2.10. The Morgan fingerprint density at radius 3 is 2.88 bits per heavy atom. The molecule has 0 aliphatic rings. The first-order valence-electron chi connectivity index (χ1n) is 4.74. The Morgan fingerprint density at radius 2 is 2.25 bits per heavy atom. The second kappa shape index (κ2) is 4.19. The van der Waals surface area contributed by atoms with Gasteiger partial charge in [-0.2, -0.15) is 0 Å². The Kier molecular flexibility index (Phi) is 2.89. The number of phenolic OH excluding ortho intramolecular Hbond substituents is 1. The van der Waals surface area contributed by atoms with Gasteiger partial charge in [-0.1, -0.05) is 0 Å². The SMILES string of the molecule is Cc1csc(C(N)c2cc(F)ccc2O)n1. The average molecular weight is 238 g/mol. The standard InChI is InChI=1S/C11H11FN2OS/c1-6-5-16-11(14-6)10(13)8-4-7(12)2-3-9(8)15/h2-5,10,15H,13H2,1H3. The molecule has 1 heterocycles. The van der Waals surface area contributed by atoms with E-state index in [1.54, 1.807) is 0 Å². The molecule has 3 nitrogen and oxygen atoms in total. The number of rotatable bonds is 2. The molecule has 0 radical (unpaired) electrons. The minimum Gasteiger partial charge on any atom is -0.508 e. The second-order valence-corrected chi connectivity index (χ2v) is 4.40. The second-order valence-electron chi connectivity index (χ2n) is 3.51. The summed E-state index contributed by atoms with van der Waals surface area (Å²) < 4.78 is 13.0. The van der Waals surface area contributed by atoms with E-state index in [-0.39, 0.29) is 5.75 Å². The Morgan fingerprint density at radius 1 is 1.50 bits per heavy atom. The molecule has 3 N–H and O–H groups in total. The molecule has 0 aliphatic heterocycles. The molecule has 1 aromatic heterocycles. The van der Waals surface area contributed by atoms with E-state index in [0.29, 0.717) is 10.6 Å². The fraction of sp³-hybridized carbons (Fsp3) is 0.182. The molecule has 0 amide bonds. The van der Waals surface area contributed by atoms with Gasteiger partial charge in [0.25, 0.3) is 0 Å². The molecule has 2 aromatic rings. The van der Waals surface area contributed by atoms with Crippen LogP contribution in [0.15, 0.2) is 23.6 Å². The van der Waals surface area contributed by atoms with Crippen molar-refractivity contribution in [2.75, 3.05) is 0 Å². The first-order valence-corrected chi connectivity index (χ1v) is 5.62. The van der Waals surface area contributed by atoms with Crippen molar-refractivity contribution in [3.8, 4) is 5.75 Å². The summed E-state index contributed by atoms with van der Waals surface area (Å²) in [7, 11) is 0. The van der Waals surface area contributed by atoms with E-state index in [1.165, 1.54) is 29.5 Å². The van der Waals surface area contributed by atoms with Crippen molar-refractivity contribution in [2.45, 2.75) is 13.0 Å². The van der Waals surface area contributed by atoms with Gasteiger partial charge in [0, 0.05) is 16.6 Å². The van der Waals surface area contributed by atoms with Crippen LogP contribution < -0.4 is 5.73 Å². The van der Waals surface area contributed by atoms with Crippen molar-refractivity contribution < 1.29 is 9.50 Å². The molecule has 2 rings (SSSR count). The maximum absolute atomic E-state index is 13.0. The van der Waals surface area contributed by atoms with Crippen molar-refractivity contribution in [3.63, 3.8) is 0 Å². The fourth-order valence-corrected chi connectivity index (χ4v) is 2.24. The van der Waals surface area contributed by atoms with E-state index >= 15 is 0 Å². The summed E-state index contributed by atoms with van der Waals surface area (Å²) in [5, 5.41) is 12.1. The molecule has 0 aliphatic carbocycles. The van der Waals surface area contributed by atoms with Crippen LogP contribution in [0.5, 0.6) is 5.75 Å². The third-order valence-corrected chi connectivity index (χ3v) is 3.27. The van der Waals surface area contributed by atoms with Crippen LogP contribution in [0.25, 0.3) is 0 Å². The van der Waals surface area contributed by atoms with Crippen LogP contribution in [0.2, 0.25) is 0 Å². The zero-order chi connectivity index (χ0) is 11.7. The molecular formula is C11H11FN2OS. The van der Waals surface area contributed by atoms with E-state index in [1.807, 2.05) is 12.3 Å². The predicted octanol–water partition coefficient (Wildman–Crippen LogP) is 2.34. The number of hydrogen-bond acceptors (Lipinski definition) is 4. The fourth-order valence-electron chi connectivity index (χ4n) is 1.42. The number of benzene rings is 1. The van der Waals surface area contributed by atoms with Crippen LogP contribution in [0.1, 0.15) is 22.3 Å². The topological polar surface area (TPSA) is 59.1 Å². The van der Waals surface area contributed by atoms with Gasteiger partial charge in [0.15, 0.2) is 0 Å². The summed E-state index contributed by atoms with van der Waals surface area (Å²) in [6.07, 6.45) is 0. The summed E-state index contributed by atoms with van der Waals surface area (Å²) in [6.45, 7) is 1.86. The van der Waals surface area contributed by atoms with E-state index in [2.05, 4.69) is 4.98 Å². The molecule has 1 unspecified atom stereocenters. The van der Waals surface area contributed by atoms with E-state index in [9.17, 15) is 9.50 Å². The highest BCUT2D eigenvalue weighted by Gasteiger charge is 2.16. The maximum Gasteiger partial charge on any atom is 0.123 e. The Labute approximate surface area is 96.4 Å². The number of aromatic nitrogens is 1. The molecular weight excluding hydrogens is 227 g/mol. The highest BCUT2D eigenvalue weighted by Crippen LogP contribution is 2.29. The molecule has 16 heavy (non-hydrogen) atoms. The summed E-state index contributed by atoms with van der Waals surface area (Å²) >= 11 is 1.40. The minimum absolute atomic E-state index is 0.0123. The summed E-state index contributed by atoms with van der Waals surface area (Å²) in [5.74, 6) is -0.432. The van der Waals surface area contributed by atoms with Crippen molar-refractivity contribution in [1.82, 2.24) is 4.98 Å². The third kappa shape index (κ3) is 2.05. The van der Waals surface area contributed by atoms with E-state index in [4.69, 9.17) is 5.73 Å². The van der Waals surface area contributed by atoms with Crippen LogP contribution in [0, 0.1) is 12.7 Å². The van der Waals surface area contributed by atoms with Gasteiger partial charge < -0.3 is 10.8 Å². The first-order chi connectivity index (χ1) is 7.58. The van der Waals surface area contributed by atoms with Gasteiger partial charge in [-0.15, -0.1) is 11.3 Å². The van der Waals surface area contributed by atoms with Gasteiger partial charge in [0.05, 0.1) is 6.04 Å². The Hall–Kier alpha value is -1.46. The summed E-state index contributed by atoms with van der Waals surface area (Å²) in [6, 6.07) is 3.13. The lowest BCUT2D eigenvalue weighted by molar-refractivity contribution is 0.462. The molecule has 0 saturated heterocycles. The first kappa shape index (κ1) is 11.0. The highest BCUT2D eigenvalue weighted by atomic mass is 32.1. The quantitative estimate of drug-likeness (QED) is 0.844. The third-order valence-electron chi connectivity index (χ3n) is 2.23. The number of nitrogens with two attached hydrogens (primary N) is 1. The van der Waals surface area contributed by atoms with Gasteiger partial charge in [-0.25, -0.2) is 9.37 Å². The lowest BCUT2D eigenvalue weighted by atomic mass is 10.1. The van der Waals surface area contributed by atoms with E-state index in [0.717, 1.165) is 5.69 Å². The smallest absolute Gasteiger partial charge is 0.123 e. The largest absolute Gasteiger partial charge is 0.508 e. The van der Waals surface area contributed by atoms with Crippen LogP contribution in [0.4, 0.5) is 4.39 Å². The molecule has 0 spiro atoms. The maximum atomic E-state index is 13.0. The van der Waals surface area contributed by atoms with Gasteiger partial charge in [0.1, 0.15) is 16.6 Å².